The fourth-order valence-electron chi connectivity index (χ4n) is 3.75. The lowest BCUT2D eigenvalue weighted by molar-refractivity contribution is -0.144. The van der Waals surface area contributed by atoms with Gasteiger partial charge in [0, 0.05) is 29.9 Å². The van der Waals surface area contributed by atoms with Gasteiger partial charge in [-0.25, -0.2) is 4.79 Å². The van der Waals surface area contributed by atoms with Gasteiger partial charge < -0.3 is 42.0 Å². The highest BCUT2D eigenvalue weighted by molar-refractivity contribution is 5.96. The molecule has 0 fully saturated rings. The Hall–Kier alpha value is -4.46. The Morgan fingerprint density at radius 2 is 1.44 bits per heavy atom. The summed E-state index contributed by atoms with van der Waals surface area (Å²) in [6.45, 7) is 3.34. The van der Waals surface area contributed by atoms with Crippen LogP contribution in [0.2, 0.25) is 0 Å². The molecule has 14 heteroatoms. The van der Waals surface area contributed by atoms with Gasteiger partial charge in [-0.15, -0.1) is 0 Å². The summed E-state index contributed by atoms with van der Waals surface area (Å²) >= 11 is 0. The number of fused-ring (bicyclic) bond motifs is 1. The predicted octanol–water partition coefficient (Wildman–Crippen LogP) is -0.428. The van der Waals surface area contributed by atoms with E-state index in [4.69, 9.17) is 10.8 Å². The van der Waals surface area contributed by atoms with Crippen LogP contribution < -0.4 is 21.7 Å². The molecule has 0 spiro atoms. The third-order valence-corrected chi connectivity index (χ3v) is 6.03. The molecule has 0 saturated heterocycles. The van der Waals surface area contributed by atoms with Crippen molar-refractivity contribution in [2.24, 2.45) is 11.7 Å². The van der Waals surface area contributed by atoms with Gasteiger partial charge in [0.2, 0.25) is 17.7 Å². The number of aliphatic carboxylic acids is 3. The van der Waals surface area contributed by atoms with E-state index in [0.717, 1.165) is 10.9 Å². The molecule has 9 N–H and O–H groups in total. The number of benzene rings is 1. The molecule has 4 atom stereocenters. The van der Waals surface area contributed by atoms with Gasteiger partial charge in [-0.3, -0.25) is 24.0 Å². The number of nitrogens with one attached hydrogen (secondary N) is 4. The molecule has 0 radical (unpaired) electrons. The third-order valence-electron chi connectivity index (χ3n) is 6.03. The number of H-pyrrole nitrogens is 1. The van der Waals surface area contributed by atoms with Crippen molar-refractivity contribution in [3.8, 4) is 0 Å². The molecular weight excluding hydrogens is 514 g/mol. The Morgan fingerprint density at radius 3 is 2.03 bits per heavy atom. The zero-order valence-electron chi connectivity index (χ0n) is 21.5. The first-order valence-electron chi connectivity index (χ1n) is 12.2. The van der Waals surface area contributed by atoms with Crippen LogP contribution in [0.4, 0.5) is 0 Å². The second-order valence-electron chi connectivity index (χ2n) is 9.39. The molecule has 2 rings (SSSR count). The van der Waals surface area contributed by atoms with Gasteiger partial charge in [0.1, 0.15) is 18.1 Å². The summed E-state index contributed by atoms with van der Waals surface area (Å²) in [6.07, 6.45) is -0.269. The number of para-hydroxylation sites is 1. The fourth-order valence-corrected chi connectivity index (χ4v) is 3.75. The highest BCUT2D eigenvalue weighted by Crippen LogP contribution is 2.19. The van der Waals surface area contributed by atoms with E-state index in [1.807, 2.05) is 0 Å². The maximum atomic E-state index is 13.2. The van der Waals surface area contributed by atoms with Crippen molar-refractivity contribution >= 4 is 46.5 Å². The molecule has 14 nitrogen and oxygen atoms in total. The van der Waals surface area contributed by atoms with E-state index in [1.165, 1.54) is 0 Å². The van der Waals surface area contributed by atoms with E-state index in [1.54, 1.807) is 44.3 Å². The molecule has 1 aromatic heterocycles. The lowest BCUT2D eigenvalue weighted by Gasteiger charge is -2.25. The van der Waals surface area contributed by atoms with E-state index < -0.39 is 79.1 Å². The molecule has 0 aliphatic rings. The molecule has 1 heterocycles. The Morgan fingerprint density at radius 1 is 0.846 bits per heavy atom. The van der Waals surface area contributed by atoms with Crippen LogP contribution in [0, 0.1) is 5.92 Å². The van der Waals surface area contributed by atoms with Gasteiger partial charge in [-0.1, -0.05) is 32.0 Å². The number of carboxylic acid groups (broad SMARTS) is 3. The molecule has 39 heavy (non-hydrogen) atoms. The quantitative estimate of drug-likeness (QED) is 0.143. The van der Waals surface area contributed by atoms with Gasteiger partial charge in [0.05, 0.1) is 12.5 Å². The van der Waals surface area contributed by atoms with Crippen LogP contribution in [-0.2, 0) is 35.2 Å². The minimum absolute atomic E-state index is 0.133. The number of carbonyl (C=O) groups is 6. The van der Waals surface area contributed by atoms with Gasteiger partial charge in [-0.05, 0) is 24.0 Å². The molecule has 1 aromatic carbocycles. The summed E-state index contributed by atoms with van der Waals surface area (Å²) in [5.74, 6) is -7.14. The number of amides is 3. The van der Waals surface area contributed by atoms with Crippen LogP contribution in [0.25, 0.3) is 10.9 Å². The van der Waals surface area contributed by atoms with Gasteiger partial charge in [-0.2, -0.15) is 0 Å². The van der Waals surface area contributed by atoms with E-state index >= 15 is 0 Å². The summed E-state index contributed by atoms with van der Waals surface area (Å²) in [5.41, 5.74) is 7.13. The first-order valence-corrected chi connectivity index (χ1v) is 12.2. The normalized spacial score (nSPS) is 14.2. The zero-order valence-corrected chi connectivity index (χ0v) is 21.5. The number of aromatic amines is 1. The minimum Gasteiger partial charge on any atom is -0.481 e. The topological polar surface area (TPSA) is 241 Å². The summed E-state index contributed by atoms with van der Waals surface area (Å²) in [5, 5.41) is 35.3. The average molecular weight is 548 g/mol. The number of hydrogen-bond acceptors (Lipinski definition) is 7. The summed E-state index contributed by atoms with van der Waals surface area (Å²) < 4.78 is 0. The smallest absolute Gasteiger partial charge is 0.326 e. The van der Waals surface area contributed by atoms with Gasteiger partial charge >= 0.3 is 17.9 Å². The second-order valence-corrected chi connectivity index (χ2v) is 9.39. The molecule has 3 amide bonds. The highest BCUT2D eigenvalue weighted by atomic mass is 16.4. The van der Waals surface area contributed by atoms with Crippen molar-refractivity contribution in [3.63, 3.8) is 0 Å². The first-order chi connectivity index (χ1) is 18.3. The largest absolute Gasteiger partial charge is 0.481 e. The molecule has 2 aromatic rings. The number of carbonyl (C=O) groups excluding carboxylic acids is 3. The second kappa shape index (κ2) is 13.9. The molecule has 0 aliphatic carbocycles. The summed E-state index contributed by atoms with van der Waals surface area (Å²) in [7, 11) is 0. The number of carboxylic acids is 3. The Labute approximate surface area is 223 Å². The molecule has 4 unspecified atom stereocenters. The number of rotatable bonds is 15. The van der Waals surface area contributed by atoms with Crippen LogP contribution >= 0.6 is 0 Å². The Bertz CT molecular complexity index is 1230. The van der Waals surface area contributed by atoms with Crippen LogP contribution in [0.5, 0.6) is 0 Å². The third kappa shape index (κ3) is 9.10. The Kier molecular flexibility index (Phi) is 11.0. The van der Waals surface area contributed by atoms with Crippen LogP contribution in [0.1, 0.15) is 38.7 Å². The summed E-state index contributed by atoms with van der Waals surface area (Å²) in [6, 6.07) is 1.53. The van der Waals surface area contributed by atoms with Gasteiger partial charge in [0.25, 0.3) is 0 Å². The SMILES string of the molecule is CC(C)C(N)C(=O)NC(CC(=O)O)C(=O)NC(Cc1c[nH]c2ccccc12)C(=O)NC(CCC(=O)O)C(=O)O. The standard InChI is InChI=1S/C25H33N5O9/c1-12(2)21(26)24(37)30-18(10-20(33)34)23(36)29-17(9-13-11-27-15-6-4-3-5-14(13)15)22(35)28-16(25(38)39)7-8-19(31)32/h3-6,11-12,16-18,21,27H,7-10,26H2,1-2H3,(H,28,35)(H,29,36)(H,30,37)(H,31,32)(H,33,34)(H,38,39). The zero-order chi connectivity index (χ0) is 29.3. The number of nitrogens with two attached hydrogens (primary N) is 1. The van der Waals surface area contributed by atoms with E-state index in [0.29, 0.717) is 5.56 Å². The summed E-state index contributed by atoms with van der Waals surface area (Å²) in [4.78, 5) is 75.7. The Balaban J connectivity index is 2.34. The highest BCUT2D eigenvalue weighted by Gasteiger charge is 2.32. The van der Waals surface area contributed by atoms with Crippen LogP contribution in [0.3, 0.4) is 0 Å². The number of aromatic nitrogens is 1. The van der Waals surface area contributed by atoms with E-state index in [9.17, 15) is 39.0 Å². The van der Waals surface area contributed by atoms with Gasteiger partial charge in [0.15, 0.2) is 0 Å². The van der Waals surface area contributed by atoms with Crippen molar-refractivity contribution < 1.29 is 44.1 Å². The maximum Gasteiger partial charge on any atom is 0.326 e. The van der Waals surface area contributed by atoms with Crippen LogP contribution in [-0.4, -0.2) is 80.1 Å². The van der Waals surface area contributed by atoms with Crippen molar-refractivity contribution in [1.29, 1.82) is 0 Å². The molecular formula is C25H33N5O9. The number of hydrogen-bond donors (Lipinski definition) is 8. The predicted molar refractivity (Wildman–Crippen MR) is 137 cm³/mol. The first kappa shape index (κ1) is 30.8. The molecule has 0 aliphatic heterocycles. The minimum atomic E-state index is -1.58. The van der Waals surface area contributed by atoms with Crippen LogP contribution in [0.15, 0.2) is 30.5 Å². The molecule has 0 bridgehead atoms. The van der Waals surface area contributed by atoms with E-state index in [2.05, 4.69) is 20.9 Å². The average Bonchev–Trinajstić information content (AvgIpc) is 3.27. The monoisotopic (exact) mass is 547 g/mol. The van der Waals surface area contributed by atoms with Crippen molar-refractivity contribution in [2.75, 3.05) is 0 Å². The van der Waals surface area contributed by atoms with E-state index in [-0.39, 0.29) is 12.3 Å². The van der Waals surface area contributed by atoms with Crippen molar-refractivity contribution in [3.05, 3.63) is 36.0 Å². The molecule has 0 saturated carbocycles. The molecule has 212 valence electrons. The maximum absolute atomic E-state index is 13.2. The lowest BCUT2D eigenvalue weighted by Crippen LogP contribution is -2.58. The lowest BCUT2D eigenvalue weighted by atomic mass is 10.0. The van der Waals surface area contributed by atoms with Crippen molar-refractivity contribution in [2.45, 2.75) is 63.7 Å². The van der Waals surface area contributed by atoms with Crippen molar-refractivity contribution in [1.82, 2.24) is 20.9 Å². The fraction of sp³-hybridized carbons (Fsp3) is 0.440.